The zero-order chi connectivity index (χ0) is 30.2. The molecule has 1 atom stereocenters. The molecule has 0 saturated carbocycles. The Labute approximate surface area is 246 Å². The van der Waals surface area contributed by atoms with Gasteiger partial charge in [-0.3, -0.25) is 14.4 Å². The van der Waals surface area contributed by atoms with Crippen molar-refractivity contribution in [2.45, 2.75) is 45.2 Å². The molecule has 9 heteroatoms. The van der Waals surface area contributed by atoms with E-state index in [9.17, 15) is 14.4 Å². The van der Waals surface area contributed by atoms with Gasteiger partial charge in [0.15, 0.2) is 11.5 Å². The van der Waals surface area contributed by atoms with Gasteiger partial charge in [-0.1, -0.05) is 36.4 Å². The van der Waals surface area contributed by atoms with E-state index in [1.807, 2.05) is 42.5 Å². The van der Waals surface area contributed by atoms with Crippen molar-refractivity contribution in [2.24, 2.45) is 0 Å². The second kappa shape index (κ2) is 13.9. The number of aryl methyl sites for hydroxylation is 1. The van der Waals surface area contributed by atoms with E-state index in [4.69, 9.17) is 14.2 Å². The summed E-state index contributed by atoms with van der Waals surface area (Å²) in [5, 5.41) is 6.24. The first-order valence-electron chi connectivity index (χ1n) is 14.1. The minimum Gasteiger partial charge on any atom is -0.493 e. The first-order valence-corrected chi connectivity index (χ1v) is 14.1. The maximum absolute atomic E-state index is 13.4. The maximum atomic E-state index is 13.4. The van der Waals surface area contributed by atoms with Crippen molar-refractivity contribution in [3.05, 3.63) is 81.5 Å². The Morgan fingerprint density at radius 1 is 0.976 bits per heavy atom. The van der Waals surface area contributed by atoms with Crippen molar-refractivity contribution in [3.8, 4) is 28.4 Å². The van der Waals surface area contributed by atoms with Crippen molar-refractivity contribution >= 4 is 17.5 Å². The molecule has 222 valence electrons. The average Bonchev–Trinajstić information content (AvgIpc) is 3.22. The quantitative estimate of drug-likeness (QED) is 0.320. The molecule has 0 bridgehead atoms. The average molecular weight is 574 g/mol. The molecule has 0 radical (unpaired) electrons. The van der Waals surface area contributed by atoms with Crippen LogP contribution in [0.3, 0.4) is 0 Å². The number of nitrogens with one attached hydrogen (secondary N) is 2. The third-order valence-corrected chi connectivity index (χ3v) is 7.49. The molecule has 2 amide bonds. The van der Waals surface area contributed by atoms with Crippen LogP contribution in [0.25, 0.3) is 11.1 Å². The molecule has 0 heterocycles. The Hall–Kier alpha value is -4.53. The van der Waals surface area contributed by atoms with Crippen LogP contribution in [-0.4, -0.2) is 51.6 Å². The summed E-state index contributed by atoms with van der Waals surface area (Å²) in [6.45, 7) is 2.47. The van der Waals surface area contributed by atoms with Gasteiger partial charge >= 0.3 is 0 Å². The van der Waals surface area contributed by atoms with Crippen LogP contribution in [0.15, 0.2) is 59.4 Å². The predicted octanol–water partition coefficient (Wildman–Crippen LogP) is 4.71. The summed E-state index contributed by atoms with van der Waals surface area (Å²) in [7, 11) is 6.49. The molecule has 0 unspecified atom stereocenters. The van der Waals surface area contributed by atoms with Crippen molar-refractivity contribution in [1.82, 2.24) is 10.2 Å². The number of anilines is 1. The predicted molar refractivity (Wildman–Crippen MR) is 163 cm³/mol. The summed E-state index contributed by atoms with van der Waals surface area (Å²) in [5.41, 5.74) is 4.51. The normalized spacial score (nSPS) is 13.6. The summed E-state index contributed by atoms with van der Waals surface area (Å²) in [6.07, 6.45) is 2.14. The number of nitrogens with zero attached hydrogens (tertiary/aromatic N) is 1. The molecule has 9 nitrogen and oxygen atoms in total. The van der Waals surface area contributed by atoms with Gasteiger partial charge in [0.25, 0.3) is 0 Å². The molecule has 2 N–H and O–H groups in total. The zero-order valence-electron chi connectivity index (χ0n) is 24.9. The molecule has 0 aliphatic heterocycles. The number of methoxy groups -OCH3 is 3. The summed E-state index contributed by atoms with van der Waals surface area (Å²) < 4.78 is 17.1. The van der Waals surface area contributed by atoms with Crippen LogP contribution in [0, 0.1) is 0 Å². The third kappa shape index (κ3) is 6.84. The molecular weight excluding hydrogens is 534 g/mol. The van der Waals surface area contributed by atoms with E-state index in [0.29, 0.717) is 67.3 Å². The Kier molecular flexibility index (Phi) is 10.1. The van der Waals surface area contributed by atoms with Crippen molar-refractivity contribution in [3.63, 3.8) is 0 Å². The Morgan fingerprint density at radius 3 is 2.38 bits per heavy atom. The van der Waals surface area contributed by atoms with Crippen LogP contribution in [0.4, 0.5) is 5.69 Å². The maximum Gasteiger partial charge on any atom is 0.222 e. The van der Waals surface area contributed by atoms with Crippen molar-refractivity contribution in [2.75, 3.05) is 40.2 Å². The summed E-state index contributed by atoms with van der Waals surface area (Å²) in [4.78, 5) is 39.9. The minimum absolute atomic E-state index is 0.0413. The van der Waals surface area contributed by atoms with Crippen LogP contribution >= 0.6 is 0 Å². The largest absolute Gasteiger partial charge is 0.493 e. The lowest BCUT2D eigenvalue weighted by Gasteiger charge is -2.19. The van der Waals surface area contributed by atoms with Gasteiger partial charge in [0.2, 0.25) is 23.0 Å². The van der Waals surface area contributed by atoms with Crippen molar-refractivity contribution < 1.29 is 23.8 Å². The second-order valence-corrected chi connectivity index (χ2v) is 10.4. The lowest BCUT2D eigenvalue weighted by molar-refractivity contribution is -0.130. The van der Waals surface area contributed by atoms with Gasteiger partial charge in [-0.25, -0.2) is 0 Å². The molecule has 3 aromatic carbocycles. The summed E-state index contributed by atoms with van der Waals surface area (Å²) in [5.74, 6) is 1.36. The first kappa shape index (κ1) is 30.4. The molecule has 42 heavy (non-hydrogen) atoms. The number of ether oxygens (including phenoxy) is 3. The monoisotopic (exact) mass is 573 g/mol. The molecule has 0 spiro atoms. The highest BCUT2D eigenvalue weighted by molar-refractivity contribution is 5.84. The molecule has 0 saturated heterocycles. The van der Waals surface area contributed by atoms with E-state index in [0.717, 1.165) is 22.3 Å². The number of hydrogen-bond acceptors (Lipinski definition) is 7. The zero-order valence-corrected chi connectivity index (χ0v) is 24.9. The van der Waals surface area contributed by atoms with E-state index in [1.54, 1.807) is 45.4 Å². The van der Waals surface area contributed by atoms with Crippen molar-refractivity contribution in [1.29, 1.82) is 0 Å². The van der Waals surface area contributed by atoms with Crippen LogP contribution in [0.1, 0.15) is 48.9 Å². The number of benzene rings is 2. The van der Waals surface area contributed by atoms with Gasteiger partial charge in [0.1, 0.15) is 0 Å². The molecule has 3 aromatic rings. The van der Waals surface area contributed by atoms with E-state index in [1.165, 1.54) is 6.92 Å². The van der Waals surface area contributed by atoms with Crippen LogP contribution in [-0.2, 0) is 22.6 Å². The molecule has 0 fully saturated rings. The number of fused-ring (bicyclic) bond motifs is 3. The van der Waals surface area contributed by atoms with Crippen LogP contribution in [0.5, 0.6) is 17.2 Å². The minimum atomic E-state index is -0.377. The highest BCUT2D eigenvalue weighted by atomic mass is 16.5. The fourth-order valence-corrected chi connectivity index (χ4v) is 5.45. The Balaban J connectivity index is 1.60. The van der Waals surface area contributed by atoms with E-state index in [2.05, 4.69) is 10.6 Å². The van der Waals surface area contributed by atoms with Crippen LogP contribution in [0.2, 0.25) is 0 Å². The lowest BCUT2D eigenvalue weighted by Crippen LogP contribution is -2.27. The first-order chi connectivity index (χ1) is 20.3. The highest BCUT2D eigenvalue weighted by Gasteiger charge is 2.29. The number of hydrogen-bond donors (Lipinski definition) is 2. The third-order valence-electron chi connectivity index (χ3n) is 7.49. The Morgan fingerprint density at radius 2 is 1.71 bits per heavy atom. The number of rotatable bonds is 11. The summed E-state index contributed by atoms with van der Waals surface area (Å²) >= 11 is 0. The Bertz CT molecular complexity index is 1490. The topological polar surface area (TPSA) is 106 Å². The standard InChI is InChI=1S/C33H39N3O6/c1-21(37)35-26-15-13-23-18-29(40-3)32(41-4)33(42-5)31(23)24-14-16-27(28(38)19-25(24)26)34-17-9-12-30(39)36(2)20-22-10-7-6-8-11-22/h6-8,10-11,14,16,18-19,26H,9,12-13,15,17,20H2,1-5H3,(H,34,38)(H,35,37)/t26-/m0/s1. The lowest BCUT2D eigenvalue weighted by atomic mass is 9.95. The summed E-state index contributed by atoms with van der Waals surface area (Å²) in [6, 6.07) is 16.6. The fourth-order valence-electron chi connectivity index (χ4n) is 5.45. The van der Waals surface area contributed by atoms with E-state index >= 15 is 0 Å². The van der Waals surface area contributed by atoms with Crippen LogP contribution < -0.4 is 30.3 Å². The molecule has 0 aromatic heterocycles. The fraction of sp³-hybridized carbons (Fsp3) is 0.364. The van der Waals surface area contributed by atoms with E-state index < -0.39 is 0 Å². The van der Waals surface area contributed by atoms with Gasteiger partial charge in [-0.15, -0.1) is 0 Å². The molecule has 1 aliphatic rings. The highest BCUT2D eigenvalue weighted by Crippen LogP contribution is 2.50. The molecule has 4 rings (SSSR count). The molecule has 1 aliphatic carbocycles. The van der Waals surface area contributed by atoms with Gasteiger partial charge in [-0.2, -0.15) is 0 Å². The smallest absolute Gasteiger partial charge is 0.222 e. The second-order valence-electron chi connectivity index (χ2n) is 10.4. The number of amides is 2. The van der Waals surface area contributed by atoms with Gasteiger partial charge < -0.3 is 29.7 Å². The number of carbonyl (C=O) groups excluding carboxylic acids is 2. The van der Waals surface area contributed by atoms with E-state index in [-0.39, 0.29) is 23.3 Å². The van der Waals surface area contributed by atoms with Gasteiger partial charge in [-0.05, 0) is 59.7 Å². The SMILES string of the molecule is COc1cc2c(c(OC)c1OC)-c1ccc(NCCCC(=O)N(C)Cc3ccccc3)c(=O)cc1[C@@H](NC(C)=O)CC2. The number of carbonyl (C=O) groups is 2. The molecular formula is C33H39N3O6. The van der Waals surface area contributed by atoms with Gasteiger partial charge in [0, 0.05) is 39.0 Å². The van der Waals surface area contributed by atoms with Gasteiger partial charge in [0.05, 0.1) is 33.1 Å².